The number of fused-ring (bicyclic) bond motifs is 1. The van der Waals surface area contributed by atoms with E-state index in [1.807, 2.05) is 41.3 Å². The maximum atomic E-state index is 13.0. The number of carboxylic acids is 1. The Labute approximate surface area is 187 Å². The third-order valence-corrected chi connectivity index (χ3v) is 7.38. The Kier molecular flexibility index (Phi) is 5.16. The van der Waals surface area contributed by atoms with Gasteiger partial charge in [0.1, 0.15) is 5.75 Å². The number of amides is 1. The lowest BCUT2D eigenvalue weighted by molar-refractivity contribution is -0.139. The van der Waals surface area contributed by atoms with Crippen molar-refractivity contribution in [3.63, 3.8) is 0 Å². The monoisotopic (exact) mass is 432 g/mol. The molecule has 166 valence electrons. The number of likely N-dealkylation sites (tertiary alicyclic amines) is 1. The van der Waals surface area contributed by atoms with Crippen LogP contribution in [0.2, 0.25) is 0 Å². The molecule has 0 bridgehead atoms. The van der Waals surface area contributed by atoms with Crippen molar-refractivity contribution in [1.82, 2.24) is 9.88 Å². The van der Waals surface area contributed by atoms with Gasteiger partial charge in [0, 0.05) is 36.1 Å². The highest BCUT2D eigenvalue weighted by molar-refractivity contribution is 5.91. The molecule has 1 spiro atoms. The lowest BCUT2D eigenvalue weighted by Crippen LogP contribution is -2.40. The van der Waals surface area contributed by atoms with Crippen molar-refractivity contribution >= 4 is 22.8 Å². The highest BCUT2D eigenvalue weighted by atomic mass is 16.5. The van der Waals surface area contributed by atoms with Gasteiger partial charge in [-0.15, -0.1) is 0 Å². The molecule has 1 aromatic heterocycles. The molecule has 1 atom stereocenters. The van der Waals surface area contributed by atoms with Gasteiger partial charge in [0.25, 0.3) is 0 Å². The SMILES string of the molecule is COc1ccc(-c2[nH]c3ccccc3c2CCC(=O)N2CCC3(CC2)CC3C(=O)O)cc1. The van der Waals surface area contributed by atoms with Crippen LogP contribution in [0.4, 0.5) is 0 Å². The van der Waals surface area contributed by atoms with Crippen molar-refractivity contribution in [2.24, 2.45) is 11.3 Å². The number of piperidine rings is 1. The number of nitrogens with one attached hydrogen (secondary N) is 1. The summed E-state index contributed by atoms with van der Waals surface area (Å²) < 4.78 is 5.29. The average molecular weight is 433 g/mol. The Morgan fingerprint density at radius 3 is 2.50 bits per heavy atom. The van der Waals surface area contributed by atoms with Crippen LogP contribution in [0.15, 0.2) is 48.5 Å². The molecule has 1 saturated heterocycles. The van der Waals surface area contributed by atoms with E-state index in [-0.39, 0.29) is 17.2 Å². The standard InChI is InChI=1S/C26H28N2O4/c1-32-18-8-6-17(7-9-18)24-20(19-4-2-3-5-22(19)27-24)10-11-23(29)28-14-12-26(13-15-28)16-21(26)25(30)31/h2-9,21,27H,10-16H2,1H3,(H,30,31). The van der Waals surface area contributed by atoms with E-state index in [1.165, 1.54) is 0 Å². The minimum Gasteiger partial charge on any atom is -0.497 e. The molecule has 5 rings (SSSR count). The zero-order valence-electron chi connectivity index (χ0n) is 18.3. The summed E-state index contributed by atoms with van der Waals surface area (Å²) >= 11 is 0. The number of methoxy groups -OCH3 is 1. The Bertz CT molecular complexity index is 1160. The number of aryl methyl sites for hydroxylation is 1. The minimum absolute atomic E-state index is 0.0546. The lowest BCUT2D eigenvalue weighted by atomic mass is 9.90. The second-order valence-corrected chi connectivity index (χ2v) is 9.09. The highest BCUT2D eigenvalue weighted by Gasteiger charge is 2.59. The normalized spacial score (nSPS) is 19.3. The second kappa shape index (κ2) is 8.01. The third-order valence-electron chi connectivity index (χ3n) is 7.38. The Balaban J connectivity index is 1.31. The molecule has 3 aromatic rings. The molecule has 2 aromatic carbocycles. The Morgan fingerprint density at radius 1 is 1.12 bits per heavy atom. The van der Waals surface area contributed by atoms with Crippen LogP contribution in [0.25, 0.3) is 22.2 Å². The van der Waals surface area contributed by atoms with E-state index < -0.39 is 5.97 Å². The van der Waals surface area contributed by atoms with E-state index in [4.69, 9.17) is 4.74 Å². The van der Waals surface area contributed by atoms with Gasteiger partial charge in [-0.2, -0.15) is 0 Å². The van der Waals surface area contributed by atoms with E-state index in [0.29, 0.717) is 25.9 Å². The number of para-hydroxylation sites is 1. The number of aromatic nitrogens is 1. The smallest absolute Gasteiger partial charge is 0.307 e. The number of carboxylic acid groups (broad SMARTS) is 1. The first-order chi connectivity index (χ1) is 15.5. The van der Waals surface area contributed by atoms with Crippen molar-refractivity contribution in [3.05, 3.63) is 54.1 Å². The number of benzene rings is 2. The average Bonchev–Trinajstić information content (AvgIpc) is 3.40. The fourth-order valence-electron chi connectivity index (χ4n) is 5.30. The van der Waals surface area contributed by atoms with E-state index in [9.17, 15) is 14.7 Å². The molecule has 2 N–H and O–H groups in total. The molecule has 2 fully saturated rings. The number of hydrogen-bond acceptors (Lipinski definition) is 3. The summed E-state index contributed by atoms with van der Waals surface area (Å²) in [6, 6.07) is 16.2. The lowest BCUT2D eigenvalue weighted by Gasteiger charge is -2.32. The number of aromatic amines is 1. The molecule has 1 amide bonds. The highest BCUT2D eigenvalue weighted by Crippen LogP contribution is 2.59. The van der Waals surface area contributed by atoms with Gasteiger partial charge in [-0.25, -0.2) is 0 Å². The number of carbonyl (C=O) groups is 2. The molecule has 2 aliphatic rings. The molecule has 6 heteroatoms. The van der Waals surface area contributed by atoms with Crippen LogP contribution in [0.5, 0.6) is 5.75 Å². The maximum absolute atomic E-state index is 13.0. The Morgan fingerprint density at radius 2 is 1.84 bits per heavy atom. The summed E-state index contributed by atoms with van der Waals surface area (Å²) in [6.07, 6.45) is 3.48. The van der Waals surface area contributed by atoms with Gasteiger partial charge in [0.15, 0.2) is 0 Å². The maximum Gasteiger partial charge on any atom is 0.307 e. The van der Waals surface area contributed by atoms with Gasteiger partial charge in [-0.3, -0.25) is 9.59 Å². The largest absolute Gasteiger partial charge is 0.497 e. The summed E-state index contributed by atoms with van der Waals surface area (Å²) in [6.45, 7) is 1.34. The summed E-state index contributed by atoms with van der Waals surface area (Å²) in [7, 11) is 1.66. The molecule has 1 saturated carbocycles. The van der Waals surface area contributed by atoms with Crippen LogP contribution in [-0.4, -0.2) is 47.1 Å². The van der Waals surface area contributed by atoms with Crippen molar-refractivity contribution in [3.8, 4) is 17.0 Å². The number of H-pyrrole nitrogens is 1. The van der Waals surface area contributed by atoms with Gasteiger partial charge in [-0.05, 0) is 72.6 Å². The number of carbonyl (C=O) groups excluding carboxylic acids is 1. The minimum atomic E-state index is -0.685. The number of nitrogens with zero attached hydrogens (tertiary/aromatic N) is 1. The fourth-order valence-corrected chi connectivity index (χ4v) is 5.30. The summed E-state index contributed by atoms with van der Waals surface area (Å²) in [5.41, 5.74) is 4.27. The first kappa shape index (κ1) is 20.6. The molecule has 1 unspecified atom stereocenters. The van der Waals surface area contributed by atoms with Gasteiger partial charge in [-0.1, -0.05) is 18.2 Å². The van der Waals surface area contributed by atoms with E-state index in [2.05, 4.69) is 17.1 Å². The quantitative estimate of drug-likeness (QED) is 0.601. The second-order valence-electron chi connectivity index (χ2n) is 9.09. The zero-order chi connectivity index (χ0) is 22.3. The number of rotatable bonds is 6. The van der Waals surface area contributed by atoms with Crippen LogP contribution in [0, 0.1) is 11.3 Å². The van der Waals surface area contributed by atoms with E-state index in [0.717, 1.165) is 52.7 Å². The topological polar surface area (TPSA) is 82.6 Å². The van der Waals surface area contributed by atoms with Crippen LogP contribution >= 0.6 is 0 Å². The molecule has 1 aliphatic carbocycles. The van der Waals surface area contributed by atoms with Crippen LogP contribution in [0.1, 0.15) is 31.2 Å². The van der Waals surface area contributed by atoms with Crippen molar-refractivity contribution in [2.75, 3.05) is 20.2 Å². The fraction of sp³-hybridized carbons (Fsp3) is 0.385. The van der Waals surface area contributed by atoms with Gasteiger partial charge in [0.2, 0.25) is 5.91 Å². The van der Waals surface area contributed by atoms with Crippen molar-refractivity contribution in [1.29, 1.82) is 0 Å². The summed E-state index contributed by atoms with van der Waals surface area (Å²) in [5, 5.41) is 10.4. The number of ether oxygens (including phenoxy) is 1. The molecule has 6 nitrogen and oxygen atoms in total. The molecular weight excluding hydrogens is 404 g/mol. The molecule has 0 radical (unpaired) electrons. The van der Waals surface area contributed by atoms with Crippen molar-refractivity contribution < 1.29 is 19.4 Å². The van der Waals surface area contributed by atoms with Crippen LogP contribution < -0.4 is 4.74 Å². The summed E-state index contributed by atoms with van der Waals surface area (Å²) in [5.74, 6) is 0.0665. The first-order valence-corrected chi connectivity index (χ1v) is 11.3. The third kappa shape index (κ3) is 3.64. The molecule has 2 heterocycles. The van der Waals surface area contributed by atoms with E-state index in [1.54, 1.807) is 7.11 Å². The van der Waals surface area contributed by atoms with Crippen molar-refractivity contribution in [2.45, 2.75) is 32.1 Å². The number of aliphatic carboxylic acids is 1. The van der Waals surface area contributed by atoms with Crippen LogP contribution in [-0.2, 0) is 16.0 Å². The zero-order valence-corrected chi connectivity index (χ0v) is 18.3. The van der Waals surface area contributed by atoms with Gasteiger partial charge >= 0.3 is 5.97 Å². The predicted molar refractivity (Wildman–Crippen MR) is 123 cm³/mol. The predicted octanol–water partition coefficient (Wildman–Crippen LogP) is 4.49. The van der Waals surface area contributed by atoms with E-state index >= 15 is 0 Å². The Hall–Kier alpha value is -3.28. The number of hydrogen-bond donors (Lipinski definition) is 2. The van der Waals surface area contributed by atoms with Gasteiger partial charge < -0.3 is 19.7 Å². The molecular formula is C26H28N2O4. The first-order valence-electron chi connectivity index (χ1n) is 11.3. The summed E-state index contributed by atoms with van der Waals surface area (Å²) in [4.78, 5) is 29.7. The molecule has 1 aliphatic heterocycles. The van der Waals surface area contributed by atoms with Crippen LogP contribution in [0.3, 0.4) is 0 Å². The molecule has 32 heavy (non-hydrogen) atoms. The van der Waals surface area contributed by atoms with Gasteiger partial charge in [0.05, 0.1) is 13.0 Å².